The van der Waals surface area contributed by atoms with Crippen molar-refractivity contribution in [2.75, 3.05) is 6.26 Å². The van der Waals surface area contributed by atoms with Crippen LogP contribution in [0.4, 0.5) is 0 Å². The summed E-state index contributed by atoms with van der Waals surface area (Å²) in [5, 5.41) is 10.8. The minimum Gasteiger partial charge on any atom is -0.387 e. The number of sulfone groups is 1. The van der Waals surface area contributed by atoms with Crippen molar-refractivity contribution < 1.29 is 13.5 Å². The second-order valence-corrected chi connectivity index (χ2v) is 7.86. The molecule has 1 rings (SSSR count). The van der Waals surface area contributed by atoms with E-state index in [4.69, 9.17) is 23.2 Å². The molecule has 0 fully saturated rings. The van der Waals surface area contributed by atoms with Gasteiger partial charge in [-0.15, -0.1) is 0 Å². The standard InChI is InChI=1S/C11H14Cl2O3S/c1-11(2,17(3,15)16)10(14)7-4-5-8(12)9(13)6-7/h4-6,10,14H,1-3H3. The van der Waals surface area contributed by atoms with E-state index in [2.05, 4.69) is 0 Å². The van der Waals surface area contributed by atoms with Gasteiger partial charge in [-0.05, 0) is 31.5 Å². The van der Waals surface area contributed by atoms with Gasteiger partial charge in [-0.3, -0.25) is 0 Å². The molecule has 0 aliphatic rings. The Morgan fingerprint density at radius 1 is 1.24 bits per heavy atom. The molecule has 0 aromatic heterocycles. The Hall–Kier alpha value is -0.290. The molecule has 0 aliphatic carbocycles. The molecule has 6 heteroatoms. The number of hydrogen-bond donors (Lipinski definition) is 1. The van der Waals surface area contributed by atoms with Gasteiger partial charge in [0, 0.05) is 6.26 Å². The maximum absolute atomic E-state index is 11.6. The molecule has 1 atom stereocenters. The second-order valence-electron chi connectivity index (χ2n) is 4.45. The normalized spacial score (nSPS) is 14.7. The predicted octanol–water partition coefficient (Wildman–Crippen LogP) is 2.85. The van der Waals surface area contributed by atoms with Crippen molar-refractivity contribution in [3.63, 3.8) is 0 Å². The highest BCUT2D eigenvalue weighted by Gasteiger charge is 2.39. The molecule has 0 amide bonds. The number of hydrogen-bond acceptors (Lipinski definition) is 3. The third kappa shape index (κ3) is 2.94. The summed E-state index contributed by atoms with van der Waals surface area (Å²) in [5.41, 5.74) is 0.426. The molecule has 1 unspecified atom stereocenters. The van der Waals surface area contributed by atoms with Gasteiger partial charge in [-0.2, -0.15) is 0 Å². The van der Waals surface area contributed by atoms with Gasteiger partial charge in [-0.1, -0.05) is 29.3 Å². The average molecular weight is 297 g/mol. The van der Waals surface area contributed by atoms with E-state index in [0.717, 1.165) is 6.26 Å². The minimum absolute atomic E-state index is 0.285. The zero-order valence-electron chi connectivity index (χ0n) is 9.74. The Labute approximate surface area is 111 Å². The lowest BCUT2D eigenvalue weighted by Gasteiger charge is -2.29. The summed E-state index contributed by atoms with van der Waals surface area (Å²) >= 11 is 11.6. The third-order valence-corrected chi connectivity index (χ3v) is 5.75. The first-order valence-electron chi connectivity index (χ1n) is 4.90. The maximum Gasteiger partial charge on any atom is 0.155 e. The van der Waals surface area contributed by atoms with E-state index >= 15 is 0 Å². The molecule has 0 aliphatic heterocycles. The van der Waals surface area contributed by atoms with E-state index in [1.165, 1.54) is 26.0 Å². The van der Waals surface area contributed by atoms with Crippen LogP contribution in [0.25, 0.3) is 0 Å². The number of aliphatic hydroxyl groups excluding tert-OH is 1. The first-order chi connectivity index (χ1) is 7.57. The van der Waals surface area contributed by atoms with Gasteiger partial charge in [-0.25, -0.2) is 8.42 Å². The quantitative estimate of drug-likeness (QED) is 0.933. The molecule has 0 saturated heterocycles. The highest BCUT2D eigenvalue weighted by Crippen LogP contribution is 2.34. The van der Waals surface area contributed by atoms with Crippen LogP contribution in [0.1, 0.15) is 25.5 Å². The molecule has 96 valence electrons. The fourth-order valence-corrected chi connectivity index (χ4v) is 2.13. The smallest absolute Gasteiger partial charge is 0.155 e. The van der Waals surface area contributed by atoms with Crippen LogP contribution in [0.15, 0.2) is 18.2 Å². The van der Waals surface area contributed by atoms with Crippen LogP contribution in [0, 0.1) is 0 Å². The summed E-state index contributed by atoms with van der Waals surface area (Å²) in [7, 11) is -3.40. The lowest BCUT2D eigenvalue weighted by atomic mass is 9.98. The SMILES string of the molecule is CC(C)(C(O)c1ccc(Cl)c(Cl)c1)S(C)(=O)=O. The van der Waals surface area contributed by atoms with Crippen LogP contribution in [-0.2, 0) is 9.84 Å². The molecule has 0 heterocycles. The highest BCUT2D eigenvalue weighted by atomic mass is 35.5. The van der Waals surface area contributed by atoms with E-state index in [1.807, 2.05) is 0 Å². The van der Waals surface area contributed by atoms with E-state index in [9.17, 15) is 13.5 Å². The van der Waals surface area contributed by atoms with E-state index in [1.54, 1.807) is 6.07 Å². The Balaban J connectivity index is 3.21. The van der Waals surface area contributed by atoms with Crippen molar-refractivity contribution in [3.05, 3.63) is 33.8 Å². The Morgan fingerprint density at radius 3 is 2.18 bits per heavy atom. The molecule has 1 aromatic carbocycles. The molecule has 17 heavy (non-hydrogen) atoms. The number of benzene rings is 1. The lowest BCUT2D eigenvalue weighted by molar-refractivity contribution is 0.139. The predicted molar refractivity (Wildman–Crippen MR) is 70.3 cm³/mol. The van der Waals surface area contributed by atoms with Gasteiger partial charge in [0.15, 0.2) is 9.84 Å². The third-order valence-electron chi connectivity index (χ3n) is 2.87. The number of aliphatic hydroxyl groups is 1. The first kappa shape index (κ1) is 14.8. The van der Waals surface area contributed by atoms with Gasteiger partial charge >= 0.3 is 0 Å². The number of halogens is 2. The minimum atomic E-state index is -3.40. The zero-order chi connectivity index (χ0) is 13.4. The topological polar surface area (TPSA) is 54.4 Å². The maximum atomic E-state index is 11.6. The van der Waals surface area contributed by atoms with Crippen molar-refractivity contribution in [2.45, 2.75) is 24.7 Å². The molecule has 3 nitrogen and oxygen atoms in total. The average Bonchev–Trinajstić information content (AvgIpc) is 2.19. The van der Waals surface area contributed by atoms with Gasteiger partial charge in [0.05, 0.1) is 20.9 Å². The summed E-state index contributed by atoms with van der Waals surface area (Å²) in [6, 6.07) is 4.56. The molecule has 0 bridgehead atoms. The summed E-state index contributed by atoms with van der Waals surface area (Å²) in [4.78, 5) is 0. The van der Waals surface area contributed by atoms with Crippen molar-refractivity contribution in [2.24, 2.45) is 0 Å². The van der Waals surface area contributed by atoms with Crippen LogP contribution in [0.3, 0.4) is 0 Å². The largest absolute Gasteiger partial charge is 0.387 e. The first-order valence-corrected chi connectivity index (χ1v) is 7.54. The fraction of sp³-hybridized carbons (Fsp3) is 0.455. The van der Waals surface area contributed by atoms with E-state index in [-0.39, 0.29) is 5.02 Å². The van der Waals surface area contributed by atoms with Crippen LogP contribution in [-0.4, -0.2) is 24.5 Å². The van der Waals surface area contributed by atoms with E-state index < -0.39 is 20.7 Å². The van der Waals surface area contributed by atoms with Gasteiger partial charge in [0.25, 0.3) is 0 Å². The lowest BCUT2D eigenvalue weighted by Crippen LogP contribution is -2.37. The molecular weight excluding hydrogens is 283 g/mol. The van der Waals surface area contributed by atoms with Crippen molar-refractivity contribution in [3.8, 4) is 0 Å². The summed E-state index contributed by atoms with van der Waals surface area (Å²) < 4.78 is 21.9. The number of rotatable bonds is 3. The molecule has 0 spiro atoms. The van der Waals surface area contributed by atoms with Gasteiger partial charge in [0.1, 0.15) is 0 Å². The van der Waals surface area contributed by atoms with Crippen molar-refractivity contribution in [1.29, 1.82) is 0 Å². The summed E-state index contributed by atoms with van der Waals surface area (Å²) in [6.07, 6.45) is -0.0689. The molecule has 1 aromatic rings. The van der Waals surface area contributed by atoms with Gasteiger partial charge < -0.3 is 5.11 Å². The highest BCUT2D eigenvalue weighted by molar-refractivity contribution is 7.92. The second kappa shape index (κ2) is 4.76. The summed E-state index contributed by atoms with van der Waals surface area (Å²) in [6.45, 7) is 2.94. The van der Waals surface area contributed by atoms with Gasteiger partial charge in [0.2, 0.25) is 0 Å². The Bertz CT molecular complexity index is 524. The molecule has 0 saturated carbocycles. The van der Waals surface area contributed by atoms with Crippen LogP contribution >= 0.6 is 23.2 Å². The van der Waals surface area contributed by atoms with Crippen LogP contribution in [0.2, 0.25) is 10.0 Å². The fourth-order valence-electron chi connectivity index (χ4n) is 1.29. The monoisotopic (exact) mass is 296 g/mol. The van der Waals surface area contributed by atoms with Crippen LogP contribution < -0.4 is 0 Å². The molecule has 1 N–H and O–H groups in total. The summed E-state index contributed by atoms with van der Waals surface area (Å²) in [5.74, 6) is 0. The van der Waals surface area contributed by atoms with Crippen molar-refractivity contribution in [1.82, 2.24) is 0 Å². The van der Waals surface area contributed by atoms with Crippen molar-refractivity contribution >= 4 is 33.0 Å². The van der Waals surface area contributed by atoms with Crippen LogP contribution in [0.5, 0.6) is 0 Å². The Kier molecular flexibility index (Phi) is 4.14. The zero-order valence-corrected chi connectivity index (χ0v) is 12.1. The molecule has 0 radical (unpaired) electrons. The Morgan fingerprint density at radius 2 is 1.76 bits per heavy atom. The molecular formula is C11H14Cl2O3S. The van der Waals surface area contributed by atoms with E-state index in [0.29, 0.717) is 10.6 Å².